The van der Waals surface area contributed by atoms with E-state index in [0.717, 1.165) is 24.3 Å². The highest BCUT2D eigenvalue weighted by Gasteiger charge is 2.34. The van der Waals surface area contributed by atoms with Gasteiger partial charge in [0, 0.05) is 30.8 Å². The maximum Gasteiger partial charge on any atom is 0.416 e. The third kappa shape index (κ3) is 4.73. The predicted octanol–water partition coefficient (Wildman–Crippen LogP) is 4.23. The monoisotopic (exact) mass is 482 g/mol. The lowest BCUT2D eigenvalue weighted by Gasteiger charge is -2.30. The average molecular weight is 482 g/mol. The number of sulfonamides is 1. The van der Waals surface area contributed by atoms with Gasteiger partial charge in [-0.1, -0.05) is 0 Å². The molecule has 4 rings (SSSR count). The van der Waals surface area contributed by atoms with Crippen LogP contribution in [0.5, 0.6) is 0 Å². The Morgan fingerprint density at radius 3 is 2.33 bits per heavy atom. The summed E-state index contributed by atoms with van der Waals surface area (Å²) in [6.45, 7) is 0.323. The van der Waals surface area contributed by atoms with Gasteiger partial charge in [0.2, 0.25) is 21.8 Å². The number of hydrogen-bond donors (Lipinski definition) is 0. The van der Waals surface area contributed by atoms with Gasteiger partial charge in [-0.25, -0.2) is 8.42 Å². The van der Waals surface area contributed by atoms with Crippen LogP contribution >= 0.6 is 0 Å². The van der Waals surface area contributed by atoms with Crippen LogP contribution in [0.3, 0.4) is 0 Å². The fraction of sp³-hybridized carbons (Fsp3) is 0.300. The maximum atomic E-state index is 13.0. The quantitative estimate of drug-likeness (QED) is 0.394. The zero-order chi connectivity index (χ0) is 23.8. The van der Waals surface area contributed by atoms with E-state index in [1.807, 2.05) is 0 Å². The van der Waals surface area contributed by atoms with Crippen LogP contribution in [-0.4, -0.2) is 40.9 Å². The molecule has 1 unspecified atom stereocenters. The molecule has 0 N–H and O–H groups in total. The van der Waals surface area contributed by atoms with Crippen molar-refractivity contribution >= 4 is 15.7 Å². The second-order valence-electron chi connectivity index (χ2n) is 7.47. The van der Waals surface area contributed by atoms with E-state index in [1.54, 1.807) is 0 Å². The van der Waals surface area contributed by atoms with Crippen molar-refractivity contribution in [3.8, 4) is 11.5 Å². The zero-order valence-electron chi connectivity index (χ0n) is 16.9. The number of nitrogens with zero attached hydrogens (tertiary/aromatic N) is 4. The van der Waals surface area contributed by atoms with Gasteiger partial charge >= 0.3 is 6.18 Å². The molecule has 2 heterocycles. The molecule has 0 radical (unpaired) electrons. The number of piperidine rings is 1. The first-order valence-electron chi connectivity index (χ1n) is 9.81. The second kappa shape index (κ2) is 8.56. The SMILES string of the molecule is O=[N+]([O-])c1ccc(S(=O)(=O)N2CCCC(c3nnc(-c4ccc(C(F)(F)F)cc4)o3)C2)cc1. The lowest BCUT2D eigenvalue weighted by molar-refractivity contribution is -0.384. The molecule has 3 aromatic rings. The predicted molar refractivity (Wildman–Crippen MR) is 109 cm³/mol. The van der Waals surface area contributed by atoms with Crippen molar-refractivity contribution in [1.82, 2.24) is 14.5 Å². The number of halogens is 3. The third-order valence-electron chi connectivity index (χ3n) is 5.32. The number of nitro benzene ring substituents is 1. The Kier molecular flexibility index (Phi) is 5.93. The van der Waals surface area contributed by atoms with Crippen molar-refractivity contribution in [1.29, 1.82) is 0 Å². The molecule has 0 spiro atoms. The Labute approximate surface area is 186 Å². The van der Waals surface area contributed by atoms with Crippen LogP contribution in [0.25, 0.3) is 11.5 Å². The van der Waals surface area contributed by atoms with Crippen molar-refractivity contribution in [2.75, 3.05) is 13.1 Å². The number of aromatic nitrogens is 2. The van der Waals surface area contributed by atoms with Crippen LogP contribution < -0.4 is 0 Å². The van der Waals surface area contributed by atoms with Gasteiger partial charge in [0.1, 0.15) is 0 Å². The highest BCUT2D eigenvalue weighted by molar-refractivity contribution is 7.89. The smallest absolute Gasteiger partial charge is 0.416 e. The first-order chi connectivity index (χ1) is 15.6. The maximum absolute atomic E-state index is 13.0. The van der Waals surface area contributed by atoms with Crippen LogP contribution in [0, 0.1) is 10.1 Å². The lowest BCUT2D eigenvalue weighted by atomic mass is 10.00. The molecular formula is C20H17F3N4O5S. The number of hydrogen-bond acceptors (Lipinski definition) is 7. The van der Waals surface area contributed by atoms with Crippen molar-refractivity contribution in [3.05, 3.63) is 70.1 Å². The average Bonchev–Trinajstić information content (AvgIpc) is 3.29. The van der Waals surface area contributed by atoms with Crippen molar-refractivity contribution in [2.24, 2.45) is 0 Å². The normalized spacial score (nSPS) is 17.7. The van der Waals surface area contributed by atoms with Gasteiger partial charge in [0.05, 0.1) is 21.3 Å². The summed E-state index contributed by atoms with van der Waals surface area (Å²) >= 11 is 0. The molecule has 0 amide bonds. The lowest BCUT2D eigenvalue weighted by Crippen LogP contribution is -2.39. The van der Waals surface area contributed by atoms with Crippen LogP contribution in [0.15, 0.2) is 57.8 Å². The summed E-state index contributed by atoms with van der Waals surface area (Å²) in [5.41, 5.74) is -0.703. The second-order valence-corrected chi connectivity index (χ2v) is 9.41. The highest BCUT2D eigenvalue weighted by Crippen LogP contribution is 2.33. The topological polar surface area (TPSA) is 119 Å². The summed E-state index contributed by atoms with van der Waals surface area (Å²) in [5, 5.41) is 18.7. The molecule has 0 saturated carbocycles. The Morgan fingerprint density at radius 2 is 1.73 bits per heavy atom. The highest BCUT2D eigenvalue weighted by atomic mass is 32.2. The summed E-state index contributed by atoms with van der Waals surface area (Å²) in [5.74, 6) is -0.176. The van der Waals surface area contributed by atoms with Crippen LogP contribution in [-0.2, 0) is 16.2 Å². The molecule has 9 nitrogen and oxygen atoms in total. The van der Waals surface area contributed by atoms with E-state index in [1.165, 1.54) is 28.6 Å². The fourth-order valence-electron chi connectivity index (χ4n) is 3.57. The Bertz CT molecular complexity index is 1260. The van der Waals surface area contributed by atoms with Gasteiger partial charge < -0.3 is 4.42 Å². The van der Waals surface area contributed by atoms with Crippen molar-refractivity contribution in [3.63, 3.8) is 0 Å². The van der Waals surface area contributed by atoms with E-state index in [9.17, 15) is 31.7 Å². The molecule has 1 atom stereocenters. The fourth-order valence-corrected chi connectivity index (χ4v) is 5.09. The number of nitro groups is 1. The summed E-state index contributed by atoms with van der Waals surface area (Å²) in [6.07, 6.45) is -3.35. The number of non-ortho nitro benzene ring substituents is 1. The van der Waals surface area contributed by atoms with E-state index in [-0.39, 0.29) is 35.5 Å². The zero-order valence-corrected chi connectivity index (χ0v) is 17.7. The molecule has 0 bridgehead atoms. The Balaban J connectivity index is 1.51. The Morgan fingerprint density at radius 1 is 1.06 bits per heavy atom. The standard InChI is InChI=1S/C20H17F3N4O5S/c21-20(22,23)15-5-3-13(4-6-15)18-24-25-19(32-18)14-2-1-11-26(12-14)33(30,31)17-9-7-16(8-10-17)27(28)29/h3-10,14H,1-2,11-12H2. The molecule has 13 heteroatoms. The Hall–Kier alpha value is -3.32. The van der Waals surface area contributed by atoms with E-state index in [2.05, 4.69) is 10.2 Å². The minimum Gasteiger partial charge on any atom is -0.420 e. The van der Waals surface area contributed by atoms with Gasteiger partial charge in [-0.3, -0.25) is 10.1 Å². The van der Waals surface area contributed by atoms with Crippen molar-refractivity contribution < 1.29 is 30.9 Å². The van der Waals surface area contributed by atoms with Crippen molar-refractivity contribution in [2.45, 2.75) is 29.8 Å². The molecule has 1 fully saturated rings. The van der Waals surface area contributed by atoms with Gasteiger partial charge in [0.25, 0.3) is 5.69 Å². The van der Waals surface area contributed by atoms with Crippen LogP contribution in [0.1, 0.15) is 30.2 Å². The van der Waals surface area contributed by atoms with E-state index in [4.69, 9.17) is 4.42 Å². The molecule has 1 aromatic heterocycles. The van der Waals surface area contributed by atoms with Gasteiger partial charge in [0.15, 0.2) is 0 Å². The largest absolute Gasteiger partial charge is 0.420 e. The number of alkyl halides is 3. The van der Waals surface area contributed by atoms with Crippen LogP contribution in [0.4, 0.5) is 18.9 Å². The molecule has 33 heavy (non-hydrogen) atoms. The van der Waals surface area contributed by atoms with Gasteiger partial charge in [-0.2, -0.15) is 17.5 Å². The summed E-state index contributed by atoms with van der Waals surface area (Å²) in [4.78, 5) is 10.1. The molecule has 1 aliphatic rings. The minimum absolute atomic E-state index is 0.0362. The minimum atomic E-state index is -4.46. The van der Waals surface area contributed by atoms with E-state index >= 15 is 0 Å². The third-order valence-corrected chi connectivity index (χ3v) is 7.20. The number of rotatable bonds is 5. The molecule has 2 aromatic carbocycles. The van der Waals surface area contributed by atoms with Crippen LogP contribution in [0.2, 0.25) is 0 Å². The summed E-state index contributed by atoms with van der Waals surface area (Å²) in [7, 11) is -3.90. The molecule has 1 aliphatic heterocycles. The first kappa shape index (κ1) is 22.9. The molecular weight excluding hydrogens is 465 g/mol. The van der Waals surface area contributed by atoms with Gasteiger partial charge in [-0.15, -0.1) is 10.2 Å². The van der Waals surface area contributed by atoms with E-state index in [0.29, 0.717) is 18.4 Å². The number of benzene rings is 2. The van der Waals surface area contributed by atoms with Gasteiger partial charge in [-0.05, 0) is 49.2 Å². The summed E-state index contributed by atoms with van der Waals surface area (Å²) in [6, 6.07) is 8.92. The summed E-state index contributed by atoms with van der Waals surface area (Å²) < 4.78 is 71.1. The molecule has 0 aliphatic carbocycles. The first-order valence-corrected chi connectivity index (χ1v) is 11.3. The molecule has 174 valence electrons. The molecule has 1 saturated heterocycles. The van der Waals surface area contributed by atoms with E-state index < -0.39 is 32.6 Å².